The molecule has 0 aromatic heterocycles. The highest BCUT2D eigenvalue weighted by Crippen LogP contribution is 2.17. The Bertz CT molecular complexity index is 213. The maximum absolute atomic E-state index is 10.3. The topological polar surface area (TPSA) is 57.5 Å². The van der Waals surface area contributed by atoms with E-state index in [4.69, 9.17) is 10.2 Å². The van der Waals surface area contributed by atoms with E-state index < -0.39 is 5.97 Å². The smallest absolute Gasteiger partial charge is 0.331 e. The number of carbonyl (C=O) groups is 1. The SMILES string of the molecule is O=C(O)C1=CC=C(CO)C1. The van der Waals surface area contributed by atoms with Gasteiger partial charge in [0, 0.05) is 12.0 Å². The standard InChI is InChI=1S/C7H8O3/c8-4-5-1-2-6(3-5)7(9)10/h1-2,8H,3-4H2,(H,9,10). The van der Waals surface area contributed by atoms with Crippen molar-refractivity contribution in [1.82, 2.24) is 0 Å². The molecule has 0 amide bonds. The van der Waals surface area contributed by atoms with Crippen LogP contribution in [0.15, 0.2) is 23.3 Å². The second kappa shape index (κ2) is 2.66. The molecule has 0 unspecified atom stereocenters. The van der Waals surface area contributed by atoms with Crippen LogP contribution in [0.3, 0.4) is 0 Å². The number of aliphatic hydroxyl groups excluding tert-OH is 1. The summed E-state index contributed by atoms with van der Waals surface area (Å²) in [6.45, 7) is -0.0483. The number of allylic oxidation sites excluding steroid dienone is 2. The van der Waals surface area contributed by atoms with Gasteiger partial charge in [0.2, 0.25) is 0 Å². The molecule has 54 valence electrons. The van der Waals surface area contributed by atoms with E-state index >= 15 is 0 Å². The molecule has 0 heterocycles. The van der Waals surface area contributed by atoms with Crippen molar-refractivity contribution < 1.29 is 15.0 Å². The van der Waals surface area contributed by atoms with Crippen molar-refractivity contribution in [3.8, 4) is 0 Å². The van der Waals surface area contributed by atoms with Crippen molar-refractivity contribution >= 4 is 5.97 Å². The zero-order valence-corrected chi connectivity index (χ0v) is 5.37. The highest BCUT2D eigenvalue weighted by molar-refractivity contribution is 5.88. The van der Waals surface area contributed by atoms with E-state index in [2.05, 4.69) is 0 Å². The molecular formula is C7H8O3. The maximum atomic E-state index is 10.3. The quantitative estimate of drug-likeness (QED) is 0.580. The Hall–Kier alpha value is -1.09. The Morgan fingerprint density at radius 1 is 1.60 bits per heavy atom. The molecule has 0 bridgehead atoms. The van der Waals surface area contributed by atoms with E-state index in [-0.39, 0.29) is 6.61 Å². The fourth-order valence-electron chi connectivity index (χ4n) is 0.836. The van der Waals surface area contributed by atoms with Gasteiger partial charge < -0.3 is 10.2 Å². The Labute approximate surface area is 58.3 Å². The summed E-state index contributed by atoms with van der Waals surface area (Å²) in [5, 5.41) is 17.0. The summed E-state index contributed by atoms with van der Waals surface area (Å²) < 4.78 is 0. The van der Waals surface area contributed by atoms with Gasteiger partial charge in [0.05, 0.1) is 6.61 Å². The molecule has 0 saturated carbocycles. The number of aliphatic hydroxyl groups is 1. The molecule has 3 nitrogen and oxygen atoms in total. The molecule has 0 aromatic carbocycles. The van der Waals surface area contributed by atoms with E-state index in [1.165, 1.54) is 6.08 Å². The van der Waals surface area contributed by atoms with Gasteiger partial charge in [-0.15, -0.1) is 0 Å². The van der Waals surface area contributed by atoms with Gasteiger partial charge in [-0.2, -0.15) is 0 Å². The molecule has 10 heavy (non-hydrogen) atoms. The lowest BCUT2D eigenvalue weighted by Gasteiger charge is -1.95. The first-order valence-corrected chi connectivity index (χ1v) is 2.97. The minimum Gasteiger partial charge on any atom is -0.478 e. The van der Waals surface area contributed by atoms with Crippen LogP contribution in [0.2, 0.25) is 0 Å². The molecule has 1 rings (SSSR count). The van der Waals surface area contributed by atoms with Crippen LogP contribution in [0.4, 0.5) is 0 Å². The highest BCUT2D eigenvalue weighted by Gasteiger charge is 2.12. The van der Waals surface area contributed by atoms with E-state index in [1.54, 1.807) is 6.08 Å². The van der Waals surface area contributed by atoms with E-state index in [1.807, 2.05) is 0 Å². The van der Waals surface area contributed by atoms with E-state index in [0.717, 1.165) is 5.57 Å². The third kappa shape index (κ3) is 1.25. The zero-order valence-electron chi connectivity index (χ0n) is 5.37. The predicted molar refractivity (Wildman–Crippen MR) is 35.5 cm³/mol. The average Bonchev–Trinajstić information content (AvgIpc) is 2.34. The van der Waals surface area contributed by atoms with Crippen LogP contribution < -0.4 is 0 Å². The Kier molecular flexibility index (Phi) is 1.87. The lowest BCUT2D eigenvalue weighted by Crippen LogP contribution is -1.99. The molecule has 0 atom stereocenters. The second-order valence-electron chi connectivity index (χ2n) is 2.16. The second-order valence-corrected chi connectivity index (χ2v) is 2.16. The molecule has 1 aliphatic rings. The third-order valence-corrected chi connectivity index (χ3v) is 1.42. The van der Waals surface area contributed by atoms with Crippen LogP contribution in [0, 0.1) is 0 Å². The van der Waals surface area contributed by atoms with Crippen LogP contribution in [0.1, 0.15) is 6.42 Å². The van der Waals surface area contributed by atoms with Crippen molar-refractivity contribution in [3.05, 3.63) is 23.3 Å². The normalized spacial score (nSPS) is 16.5. The first kappa shape index (κ1) is 7.02. The van der Waals surface area contributed by atoms with Crippen molar-refractivity contribution in [2.75, 3.05) is 6.61 Å². The minimum atomic E-state index is -0.903. The van der Waals surface area contributed by atoms with Gasteiger partial charge >= 0.3 is 5.97 Å². The first-order chi connectivity index (χ1) is 4.74. The third-order valence-electron chi connectivity index (χ3n) is 1.42. The van der Waals surface area contributed by atoms with Gasteiger partial charge in [-0.1, -0.05) is 12.2 Å². The molecule has 0 aromatic rings. The average molecular weight is 140 g/mol. The summed E-state index contributed by atoms with van der Waals surface area (Å²) in [7, 11) is 0. The highest BCUT2D eigenvalue weighted by atomic mass is 16.4. The summed E-state index contributed by atoms with van der Waals surface area (Å²) >= 11 is 0. The molecule has 3 heteroatoms. The summed E-state index contributed by atoms with van der Waals surface area (Å²) in [6, 6.07) is 0. The van der Waals surface area contributed by atoms with Gasteiger partial charge in [-0.3, -0.25) is 0 Å². The largest absolute Gasteiger partial charge is 0.478 e. The summed E-state index contributed by atoms with van der Waals surface area (Å²) in [4.78, 5) is 10.3. The van der Waals surface area contributed by atoms with E-state index in [0.29, 0.717) is 12.0 Å². The van der Waals surface area contributed by atoms with Crippen LogP contribution in [0.25, 0.3) is 0 Å². The van der Waals surface area contributed by atoms with Crippen LogP contribution in [0.5, 0.6) is 0 Å². The summed E-state index contributed by atoms with van der Waals surface area (Å²) in [5.41, 5.74) is 1.11. The van der Waals surface area contributed by atoms with Crippen molar-refractivity contribution in [2.24, 2.45) is 0 Å². The van der Waals surface area contributed by atoms with Gasteiger partial charge in [0.25, 0.3) is 0 Å². The molecule has 0 aliphatic heterocycles. The number of rotatable bonds is 2. The molecule has 0 saturated heterocycles. The van der Waals surface area contributed by atoms with Crippen LogP contribution >= 0.6 is 0 Å². The van der Waals surface area contributed by atoms with Crippen molar-refractivity contribution in [2.45, 2.75) is 6.42 Å². The first-order valence-electron chi connectivity index (χ1n) is 2.97. The van der Waals surface area contributed by atoms with Gasteiger partial charge in [-0.05, 0) is 5.57 Å². The fourth-order valence-corrected chi connectivity index (χ4v) is 0.836. The number of carboxylic acid groups (broad SMARTS) is 1. The molecule has 0 fully saturated rings. The minimum absolute atomic E-state index is 0.0483. The maximum Gasteiger partial charge on any atom is 0.331 e. The molecular weight excluding hydrogens is 132 g/mol. The van der Waals surface area contributed by atoms with Gasteiger partial charge in [-0.25, -0.2) is 4.79 Å². The fraction of sp³-hybridized carbons (Fsp3) is 0.286. The number of aliphatic carboxylic acids is 1. The Balaban J connectivity index is 2.56. The van der Waals surface area contributed by atoms with Crippen molar-refractivity contribution in [1.29, 1.82) is 0 Å². The van der Waals surface area contributed by atoms with E-state index in [9.17, 15) is 4.79 Å². The molecule has 0 radical (unpaired) electrons. The number of hydrogen-bond donors (Lipinski definition) is 2. The zero-order chi connectivity index (χ0) is 7.56. The Morgan fingerprint density at radius 3 is 2.60 bits per heavy atom. The monoisotopic (exact) mass is 140 g/mol. The number of hydrogen-bond acceptors (Lipinski definition) is 2. The summed E-state index contributed by atoms with van der Waals surface area (Å²) in [6.07, 6.45) is 3.54. The molecule has 1 aliphatic carbocycles. The van der Waals surface area contributed by atoms with Crippen LogP contribution in [-0.4, -0.2) is 22.8 Å². The molecule has 0 spiro atoms. The predicted octanol–water partition coefficient (Wildman–Crippen LogP) is 0.320. The Morgan fingerprint density at radius 2 is 2.30 bits per heavy atom. The van der Waals surface area contributed by atoms with Crippen LogP contribution in [-0.2, 0) is 4.79 Å². The lowest BCUT2D eigenvalue weighted by molar-refractivity contribution is -0.132. The number of carboxylic acids is 1. The van der Waals surface area contributed by atoms with Crippen molar-refractivity contribution in [3.63, 3.8) is 0 Å². The summed E-state index contributed by atoms with van der Waals surface area (Å²) in [5.74, 6) is -0.903. The lowest BCUT2D eigenvalue weighted by atomic mass is 10.2. The van der Waals surface area contributed by atoms with Gasteiger partial charge in [0.15, 0.2) is 0 Å². The molecule has 2 N–H and O–H groups in total. The van der Waals surface area contributed by atoms with Gasteiger partial charge in [0.1, 0.15) is 0 Å².